The Morgan fingerprint density at radius 1 is 1.12 bits per heavy atom. The summed E-state index contributed by atoms with van der Waals surface area (Å²) in [6.45, 7) is -0.0328. The molecule has 0 bridgehead atoms. The Morgan fingerprint density at radius 2 is 1.92 bits per heavy atom. The highest BCUT2D eigenvalue weighted by Crippen LogP contribution is 2.40. The number of benzene rings is 2. The molecule has 4 heteroatoms. The minimum atomic E-state index is -0.221. The van der Waals surface area contributed by atoms with Gasteiger partial charge in [0.25, 0.3) is 5.91 Å². The molecule has 2 aromatic carbocycles. The summed E-state index contributed by atoms with van der Waals surface area (Å²) in [6.07, 6.45) is 7.23. The first kappa shape index (κ1) is 16.6. The van der Waals surface area contributed by atoms with Crippen LogP contribution in [0.4, 0.5) is 0 Å². The molecule has 4 nitrogen and oxygen atoms in total. The van der Waals surface area contributed by atoms with Crippen molar-refractivity contribution < 1.29 is 9.53 Å². The fraction of sp³-hybridized carbons (Fsp3) is 0.273. The first-order chi connectivity index (χ1) is 12.8. The molecule has 0 heterocycles. The predicted molar refractivity (Wildman–Crippen MR) is 102 cm³/mol. The van der Waals surface area contributed by atoms with Gasteiger partial charge in [-0.3, -0.25) is 4.79 Å². The van der Waals surface area contributed by atoms with Gasteiger partial charge in [0.1, 0.15) is 5.75 Å². The molecule has 0 saturated heterocycles. The number of nitrogens with zero attached hydrogens (tertiary/aromatic N) is 1. The summed E-state index contributed by atoms with van der Waals surface area (Å²) < 4.78 is 5.75. The molecule has 2 aromatic rings. The highest BCUT2D eigenvalue weighted by atomic mass is 16.5. The second-order valence-corrected chi connectivity index (χ2v) is 6.84. The summed E-state index contributed by atoms with van der Waals surface area (Å²) in [5, 5.41) is 4.27. The van der Waals surface area contributed by atoms with E-state index < -0.39 is 0 Å². The largest absolute Gasteiger partial charge is 0.483 e. The van der Waals surface area contributed by atoms with E-state index >= 15 is 0 Å². The zero-order valence-corrected chi connectivity index (χ0v) is 14.6. The van der Waals surface area contributed by atoms with E-state index in [9.17, 15) is 4.79 Å². The van der Waals surface area contributed by atoms with E-state index in [4.69, 9.17) is 4.74 Å². The minimum Gasteiger partial charge on any atom is -0.483 e. The van der Waals surface area contributed by atoms with Crippen molar-refractivity contribution in [3.63, 3.8) is 0 Å². The Balaban J connectivity index is 1.32. The number of amides is 1. The lowest BCUT2D eigenvalue weighted by Crippen LogP contribution is -2.36. The molecular weight excluding hydrogens is 324 g/mol. The molecule has 2 atom stereocenters. The fourth-order valence-electron chi connectivity index (χ4n) is 3.58. The highest BCUT2D eigenvalue weighted by molar-refractivity contribution is 5.94. The van der Waals surface area contributed by atoms with Crippen LogP contribution in [0.15, 0.2) is 71.9 Å². The van der Waals surface area contributed by atoms with Crippen LogP contribution in [0.2, 0.25) is 0 Å². The number of fused-ring (bicyclic) bond motifs is 1. The van der Waals surface area contributed by atoms with Crippen LogP contribution in [0, 0.1) is 11.8 Å². The second-order valence-electron chi connectivity index (χ2n) is 6.84. The number of hydrogen-bond acceptors (Lipinski definition) is 3. The smallest absolute Gasteiger partial charge is 0.277 e. The van der Waals surface area contributed by atoms with Gasteiger partial charge >= 0.3 is 0 Å². The van der Waals surface area contributed by atoms with Gasteiger partial charge in [-0.05, 0) is 36.0 Å². The molecule has 26 heavy (non-hydrogen) atoms. The summed E-state index contributed by atoms with van der Waals surface area (Å²) in [5.41, 5.74) is 6.01. The van der Waals surface area contributed by atoms with Crippen molar-refractivity contribution in [2.45, 2.75) is 19.3 Å². The van der Waals surface area contributed by atoms with Gasteiger partial charge in [-0.25, -0.2) is 5.43 Å². The third kappa shape index (κ3) is 3.69. The van der Waals surface area contributed by atoms with Crippen molar-refractivity contribution in [2.75, 3.05) is 6.61 Å². The van der Waals surface area contributed by atoms with Crippen LogP contribution in [-0.2, 0) is 11.2 Å². The maximum absolute atomic E-state index is 12.1. The standard InChI is InChI=1S/C22H22N2O2/c25-22(24-23-20-14-17-10-6-11-19(17)20)15-26-21-12-5-4-9-18(21)13-16-7-2-1-3-8-16/h1-10,12,17,19H,11,13-15H2,(H,24,25)/b23-20-/t17-,19+/m1/s1. The van der Waals surface area contributed by atoms with E-state index in [0.29, 0.717) is 11.8 Å². The minimum absolute atomic E-state index is 0.0328. The summed E-state index contributed by atoms with van der Waals surface area (Å²) >= 11 is 0. The van der Waals surface area contributed by atoms with Crippen LogP contribution in [0.25, 0.3) is 0 Å². The molecule has 0 aliphatic heterocycles. The Bertz CT molecular complexity index is 842. The molecule has 1 saturated carbocycles. The molecule has 1 N–H and O–H groups in total. The van der Waals surface area contributed by atoms with E-state index in [-0.39, 0.29) is 12.5 Å². The molecule has 0 spiro atoms. The lowest BCUT2D eigenvalue weighted by molar-refractivity contribution is -0.123. The molecular formula is C22H22N2O2. The second kappa shape index (κ2) is 7.56. The molecule has 1 amide bonds. The van der Waals surface area contributed by atoms with E-state index in [1.165, 1.54) is 5.56 Å². The van der Waals surface area contributed by atoms with Crippen LogP contribution < -0.4 is 10.2 Å². The zero-order chi connectivity index (χ0) is 17.8. The van der Waals surface area contributed by atoms with Crippen LogP contribution in [0.3, 0.4) is 0 Å². The average molecular weight is 346 g/mol. The molecule has 2 aliphatic rings. The van der Waals surface area contributed by atoms with Gasteiger partial charge in [-0.15, -0.1) is 0 Å². The molecule has 0 unspecified atom stereocenters. The number of hydrogen-bond donors (Lipinski definition) is 1. The summed E-state index contributed by atoms with van der Waals surface area (Å²) in [4.78, 5) is 12.1. The van der Waals surface area contributed by atoms with E-state index in [0.717, 1.165) is 36.3 Å². The molecule has 0 radical (unpaired) electrons. The number of para-hydroxylation sites is 1. The maximum atomic E-state index is 12.1. The van der Waals surface area contributed by atoms with E-state index in [2.05, 4.69) is 34.8 Å². The Morgan fingerprint density at radius 3 is 2.77 bits per heavy atom. The van der Waals surface area contributed by atoms with Crippen LogP contribution in [0.1, 0.15) is 24.0 Å². The number of nitrogens with one attached hydrogen (secondary N) is 1. The van der Waals surface area contributed by atoms with E-state index in [1.54, 1.807) is 0 Å². The molecule has 1 fully saturated rings. The molecule has 0 aromatic heterocycles. The lowest BCUT2D eigenvalue weighted by atomic mass is 9.74. The van der Waals surface area contributed by atoms with Gasteiger partial charge in [0.05, 0.1) is 0 Å². The first-order valence-corrected chi connectivity index (χ1v) is 9.06. The number of rotatable bonds is 6. The maximum Gasteiger partial charge on any atom is 0.277 e. The van der Waals surface area contributed by atoms with Crippen molar-refractivity contribution >= 4 is 11.6 Å². The molecule has 2 aliphatic carbocycles. The SMILES string of the molecule is O=C(COc1ccccc1Cc1ccccc1)N/N=C1/C[C@H]2C=CC[C@H]12. The van der Waals surface area contributed by atoms with Crippen LogP contribution in [-0.4, -0.2) is 18.2 Å². The number of allylic oxidation sites excluding steroid dienone is 2. The highest BCUT2D eigenvalue weighted by Gasteiger charge is 2.37. The van der Waals surface area contributed by atoms with Gasteiger partial charge in [0.2, 0.25) is 0 Å². The summed E-state index contributed by atoms with van der Waals surface area (Å²) in [6, 6.07) is 18.1. The van der Waals surface area contributed by atoms with Crippen LogP contribution >= 0.6 is 0 Å². The van der Waals surface area contributed by atoms with Crippen molar-refractivity contribution in [3.8, 4) is 5.75 Å². The quantitative estimate of drug-likeness (QED) is 0.640. The lowest BCUT2D eigenvalue weighted by Gasteiger charge is -2.31. The zero-order valence-electron chi connectivity index (χ0n) is 14.6. The van der Waals surface area contributed by atoms with Gasteiger partial charge < -0.3 is 4.74 Å². The van der Waals surface area contributed by atoms with Gasteiger partial charge in [-0.2, -0.15) is 5.10 Å². The van der Waals surface area contributed by atoms with E-state index in [1.807, 2.05) is 42.5 Å². The van der Waals surface area contributed by atoms with Crippen molar-refractivity contribution in [2.24, 2.45) is 16.9 Å². The monoisotopic (exact) mass is 346 g/mol. The Hall–Kier alpha value is -2.88. The van der Waals surface area contributed by atoms with Gasteiger partial charge in [0.15, 0.2) is 6.61 Å². The number of ether oxygens (including phenoxy) is 1. The van der Waals surface area contributed by atoms with Gasteiger partial charge in [-0.1, -0.05) is 60.7 Å². The summed E-state index contributed by atoms with van der Waals surface area (Å²) in [5.74, 6) is 1.65. The third-order valence-electron chi connectivity index (χ3n) is 5.06. The van der Waals surface area contributed by atoms with Gasteiger partial charge in [0, 0.05) is 18.1 Å². The number of hydrazone groups is 1. The van der Waals surface area contributed by atoms with Crippen LogP contribution in [0.5, 0.6) is 5.75 Å². The fourth-order valence-corrected chi connectivity index (χ4v) is 3.58. The van der Waals surface area contributed by atoms with Crippen molar-refractivity contribution in [1.29, 1.82) is 0 Å². The normalized spacial score (nSPS) is 21.9. The topological polar surface area (TPSA) is 50.7 Å². The van der Waals surface area contributed by atoms with Crippen molar-refractivity contribution in [1.82, 2.24) is 5.43 Å². The molecule has 132 valence electrons. The average Bonchev–Trinajstić information content (AvgIpc) is 3.03. The Kier molecular flexibility index (Phi) is 4.82. The predicted octanol–water partition coefficient (Wildman–Crippen LogP) is 3.72. The number of carbonyl (C=O) groups excluding carboxylic acids is 1. The molecule has 4 rings (SSSR count). The Labute approximate surface area is 153 Å². The number of carbonyl (C=O) groups is 1. The first-order valence-electron chi connectivity index (χ1n) is 9.06. The van der Waals surface area contributed by atoms with Crippen molar-refractivity contribution in [3.05, 3.63) is 77.9 Å². The summed E-state index contributed by atoms with van der Waals surface area (Å²) in [7, 11) is 0. The third-order valence-corrected chi connectivity index (χ3v) is 5.06.